The van der Waals surface area contributed by atoms with E-state index in [1.54, 1.807) is 24.3 Å². The van der Waals surface area contributed by atoms with Gasteiger partial charge in [-0.3, -0.25) is 9.29 Å². The van der Waals surface area contributed by atoms with E-state index in [0.29, 0.717) is 31.1 Å². The van der Waals surface area contributed by atoms with Crippen LogP contribution in [0.2, 0.25) is 0 Å². The molecule has 0 bridgehead atoms. The Morgan fingerprint density at radius 3 is 2.46 bits per heavy atom. The van der Waals surface area contributed by atoms with Gasteiger partial charge in [-0.1, -0.05) is 12.1 Å². The van der Waals surface area contributed by atoms with Gasteiger partial charge in [0.2, 0.25) is 0 Å². The highest BCUT2D eigenvalue weighted by Gasteiger charge is 2.34. The molecule has 2 atom stereocenters. The van der Waals surface area contributed by atoms with Crippen molar-refractivity contribution in [1.29, 1.82) is 0 Å². The number of aromatic hydroxyl groups is 2. The van der Waals surface area contributed by atoms with Gasteiger partial charge in [-0.25, -0.2) is 0 Å². The summed E-state index contributed by atoms with van der Waals surface area (Å²) in [5.41, 5.74) is 4.86. The Labute approximate surface area is 215 Å². The van der Waals surface area contributed by atoms with Crippen LogP contribution < -0.4 is 14.2 Å². The van der Waals surface area contributed by atoms with E-state index >= 15 is 0 Å². The standard InChI is InChI=1S/C30H30FNO5/c31-17-19-9-11-32(18-19)12-14-35-23-5-1-20(2-6-23)30-29-25(24-7-3-22(34)16-28(24)37-30)10-13-36-27-15-21(33)4-8-26(27)29/h1-8,15-16,19,30,33-34H,9-14,17-18H2/t19-,30+/m0/s1. The van der Waals surface area contributed by atoms with Crippen LogP contribution in [0.4, 0.5) is 4.39 Å². The highest BCUT2D eigenvalue weighted by Crippen LogP contribution is 2.51. The summed E-state index contributed by atoms with van der Waals surface area (Å²) in [6, 6.07) is 18.3. The van der Waals surface area contributed by atoms with E-state index in [4.69, 9.17) is 14.2 Å². The average Bonchev–Trinajstić information content (AvgIpc) is 3.28. The SMILES string of the molecule is Oc1ccc2c(c1)O[C@H](c1ccc(OCCN3CC[C@@H](CF)C3)cc1)C1=C2CCOc2cc(O)ccc21. The molecule has 0 unspecified atom stereocenters. The molecule has 3 aromatic rings. The number of hydrogen-bond acceptors (Lipinski definition) is 6. The molecule has 0 spiro atoms. The van der Waals surface area contributed by atoms with Crippen molar-refractivity contribution in [2.24, 2.45) is 5.92 Å². The van der Waals surface area contributed by atoms with Gasteiger partial charge in [0.25, 0.3) is 0 Å². The Kier molecular flexibility index (Phi) is 6.38. The molecule has 1 saturated heterocycles. The van der Waals surface area contributed by atoms with Crippen LogP contribution in [0.1, 0.15) is 35.6 Å². The van der Waals surface area contributed by atoms with Gasteiger partial charge in [-0.05, 0) is 60.5 Å². The van der Waals surface area contributed by atoms with Gasteiger partial charge in [0.05, 0.1) is 13.3 Å². The topological polar surface area (TPSA) is 71.4 Å². The smallest absolute Gasteiger partial charge is 0.150 e. The van der Waals surface area contributed by atoms with Gasteiger partial charge < -0.3 is 24.4 Å². The number of hydrogen-bond donors (Lipinski definition) is 2. The number of benzene rings is 3. The van der Waals surface area contributed by atoms with Crippen LogP contribution >= 0.6 is 0 Å². The molecule has 37 heavy (non-hydrogen) atoms. The lowest BCUT2D eigenvalue weighted by atomic mass is 9.84. The third kappa shape index (κ3) is 4.71. The van der Waals surface area contributed by atoms with Crippen molar-refractivity contribution in [3.63, 3.8) is 0 Å². The summed E-state index contributed by atoms with van der Waals surface area (Å²) in [6.07, 6.45) is 1.16. The van der Waals surface area contributed by atoms with Crippen LogP contribution in [0, 0.1) is 5.92 Å². The van der Waals surface area contributed by atoms with E-state index in [-0.39, 0.29) is 24.1 Å². The zero-order valence-corrected chi connectivity index (χ0v) is 20.5. The summed E-state index contributed by atoms with van der Waals surface area (Å²) >= 11 is 0. The third-order valence-electron chi connectivity index (χ3n) is 7.43. The maximum Gasteiger partial charge on any atom is 0.150 e. The molecular formula is C30H30FNO5. The molecule has 0 amide bonds. The lowest BCUT2D eigenvalue weighted by Gasteiger charge is -2.31. The Morgan fingerprint density at radius 1 is 0.946 bits per heavy atom. The molecule has 0 aliphatic carbocycles. The second-order valence-electron chi connectivity index (χ2n) is 9.88. The van der Waals surface area contributed by atoms with Crippen LogP contribution in [0.5, 0.6) is 28.7 Å². The second-order valence-corrected chi connectivity index (χ2v) is 9.88. The molecule has 0 saturated carbocycles. The number of alkyl halides is 1. The van der Waals surface area contributed by atoms with Crippen LogP contribution in [-0.4, -0.2) is 54.6 Å². The molecule has 3 aliphatic heterocycles. The van der Waals surface area contributed by atoms with Crippen LogP contribution in [0.25, 0.3) is 11.1 Å². The number of ether oxygens (including phenoxy) is 3. The summed E-state index contributed by atoms with van der Waals surface area (Å²) in [5, 5.41) is 20.2. The van der Waals surface area contributed by atoms with E-state index in [1.807, 2.05) is 36.4 Å². The average molecular weight is 504 g/mol. The minimum Gasteiger partial charge on any atom is -0.508 e. The Bertz CT molecular complexity index is 1320. The molecule has 6 nitrogen and oxygen atoms in total. The van der Waals surface area contributed by atoms with Gasteiger partial charge in [0.1, 0.15) is 41.5 Å². The number of nitrogens with zero attached hydrogens (tertiary/aromatic N) is 1. The molecular weight excluding hydrogens is 473 g/mol. The molecule has 1 fully saturated rings. The first-order chi connectivity index (χ1) is 18.1. The number of fused-ring (bicyclic) bond motifs is 4. The monoisotopic (exact) mass is 503 g/mol. The Morgan fingerprint density at radius 2 is 1.70 bits per heavy atom. The zero-order valence-electron chi connectivity index (χ0n) is 20.5. The van der Waals surface area contributed by atoms with Crippen molar-refractivity contribution in [3.8, 4) is 28.7 Å². The van der Waals surface area contributed by atoms with Crippen LogP contribution in [-0.2, 0) is 0 Å². The fourth-order valence-electron chi connectivity index (χ4n) is 5.54. The predicted molar refractivity (Wildman–Crippen MR) is 139 cm³/mol. The molecule has 192 valence electrons. The van der Waals surface area contributed by atoms with Crippen molar-refractivity contribution in [2.45, 2.75) is 18.9 Å². The van der Waals surface area contributed by atoms with Gasteiger partial charge in [-0.15, -0.1) is 0 Å². The van der Waals surface area contributed by atoms with Gasteiger partial charge in [0.15, 0.2) is 0 Å². The van der Waals surface area contributed by atoms with Crippen molar-refractivity contribution in [3.05, 3.63) is 77.4 Å². The number of rotatable bonds is 6. The first kappa shape index (κ1) is 23.7. The predicted octanol–water partition coefficient (Wildman–Crippen LogP) is 5.60. The number of phenols is 2. The summed E-state index contributed by atoms with van der Waals surface area (Å²) in [5.74, 6) is 2.47. The molecule has 0 radical (unpaired) electrons. The molecule has 3 aromatic carbocycles. The number of likely N-dealkylation sites (tertiary alicyclic amines) is 1. The van der Waals surface area contributed by atoms with Gasteiger partial charge in [-0.2, -0.15) is 0 Å². The first-order valence-electron chi connectivity index (χ1n) is 12.8. The largest absolute Gasteiger partial charge is 0.508 e. The van der Waals surface area contributed by atoms with Crippen molar-refractivity contribution in [2.75, 3.05) is 39.5 Å². The molecule has 0 aromatic heterocycles. The summed E-state index contributed by atoms with van der Waals surface area (Å²) in [7, 11) is 0. The summed E-state index contributed by atoms with van der Waals surface area (Å²) in [6.45, 7) is 3.28. The summed E-state index contributed by atoms with van der Waals surface area (Å²) < 4.78 is 31.4. The first-order valence-corrected chi connectivity index (χ1v) is 12.8. The summed E-state index contributed by atoms with van der Waals surface area (Å²) in [4.78, 5) is 2.25. The highest BCUT2D eigenvalue weighted by molar-refractivity contribution is 5.98. The molecule has 6 rings (SSSR count). The molecule has 2 N–H and O–H groups in total. The van der Waals surface area contributed by atoms with E-state index in [0.717, 1.165) is 59.6 Å². The van der Waals surface area contributed by atoms with E-state index in [1.165, 1.54) is 0 Å². The Balaban J connectivity index is 1.28. The maximum atomic E-state index is 12.9. The minimum atomic E-state index is -0.425. The molecule has 3 heterocycles. The zero-order chi connectivity index (χ0) is 25.4. The fourth-order valence-corrected chi connectivity index (χ4v) is 5.54. The lowest BCUT2D eigenvalue weighted by molar-refractivity contribution is 0.228. The highest BCUT2D eigenvalue weighted by atomic mass is 19.1. The second kappa shape index (κ2) is 9.98. The molecule has 3 aliphatic rings. The van der Waals surface area contributed by atoms with Crippen molar-refractivity contribution >= 4 is 11.1 Å². The van der Waals surface area contributed by atoms with Crippen molar-refractivity contribution in [1.82, 2.24) is 4.90 Å². The van der Waals surface area contributed by atoms with E-state index in [2.05, 4.69) is 4.90 Å². The third-order valence-corrected chi connectivity index (χ3v) is 7.43. The van der Waals surface area contributed by atoms with Gasteiger partial charge >= 0.3 is 0 Å². The quantitative estimate of drug-likeness (QED) is 0.457. The normalized spacial score (nSPS) is 20.8. The number of halogens is 1. The van der Waals surface area contributed by atoms with E-state index < -0.39 is 6.10 Å². The van der Waals surface area contributed by atoms with Crippen molar-refractivity contribution < 1.29 is 28.8 Å². The lowest BCUT2D eigenvalue weighted by Crippen LogP contribution is -2.26. The number of phenolic OH excluding ortho intramolecular Hbond substituents is 2. The minimum absolute atomic E-state index is 0.149. The Hall–Kier alpha value is -3.71. The molecule has 7 heteroatoms. The van der Waals surface area contributed by atoms with Gasteiger partial charge in [0, 0.05) is 54.3 Å². The van der Waals surface area contributed by atoms with Crippen LogP contribution in [0.3, 0.4) is 0 Å². The van der Waals surface area contributed by atoms with E-state index in [9.17, 15) is 14.6 Å². The maximum absolute atomic E-state index is 12.9. The van der Waals surface area contributed by atoms with Crippen LogP contribution in [0.15, 0.2) is 60.7 Å². The fraction of sp³-hybridized carbons (Fsp3) is 0.333.